The molecule has 0 aliphatic carbocycles. The number of likely N-dealkylation sites (N-methyl/N-ethyl adjacent to an activating group) is 1. The lowest BCUT2D eigenvalue weighted by Crippen LogP contribution is -2.34. The van der Waals surface area contributed by atoms with E-state index in [0.29, 0.717) is 18.2 Å². The van der Waals surface area contributed by atoms with Crippen LogP contribution in [0.2, 0.25) is 0 Å². The first-order chi connectivity index (χ1) is 6.49. The van der Waals surface area contributed by atoms with Gasteiger partial charge in [0.1, 0.15) is 6.61 Å². The van der Waals surface area contributed by atoms with Gasteiger partial charge < -0.3 is 4.74 Å². The topological polar surface area (TPSA) is 29.5 Å². The van der Waals surface area contributed by atoms with Crippen LogP contribution in [-0.2, 0) is 9.53 Å². The van der Waals surface area contributed by atoms with Gasteiger partial charge in [-0.1, -0.05) is 13.5 Å². The number of hydrogen-bond acceptors (Lipinski definition) is 3. The van der Waals surface area contributed by atoms with Gasteiger partial charge in [0.2, 0.25) is 0 Å². The highest BCUT2D eigenvalue weighted by Crippen LogP contribution is 1.98. The molecule has 0 bridgehead atoms. The third-order valence-corrected chi connectivity index (χ3v) is 2.10. The van der Waals surface area contributed by atoms with Crippen LogP contribution in [0.3, 0.4) is 0 Å². The maximum Gasteiger partial charge on any atom is 0.333 e. The fourth-order valence-electron chi connectivity index (χ4n) is 1.16. The van der Waals surface area contributed by atoms with Crippen molar-refractivity contribution in [1.29, 1.82) is 0 Å². The van der Waals surface area contributed by atoms with Gasteiger partial charge in [-0.2, -0.15) is 0 Å². The van der Waals surface area contributed by atoms with E-state index in [1.165, 1.54) is 0 Å². The normalized spacial score (nSPS) is 10.7. The summed E-state index contributed by atoms with van der Waals surface area (Å²) in [6.45, 7) is 13.7. The second kappa shape index (κ2) is 6.60. The van der Waals surface area contributed by atoms with E-state index in [4.69, 9.17) is 4.74 Å². The fourth-order valence-corrected chi connectivity index (χ4v) is 1.16. The molecule has 0 heterocycles. The number of nitrogens with zero attached hydrogens (tertiary/aromatic N) is 1. The minimum absolute atomic E-state index is 0.301. The Labute approximate surface area is 86.7 Å². The van der Waals surface area contributed by atoms with Crippen LogP contribution in [0.25, 0.3) is 0 Å². The van der Waals surface area contributed by atoms with Crippen LogP contribution in [0.4, 0.5) is 0 Å². The van der Waals surface area contributed by atoms with Crippen molar-refractivity contribution in [1.82, 2.24) is 4.90 Å². The second-order valence-corrected chi connectivity index (χ2v) is 3.64. The van der Waals surface area contributed by atoms with Crippen LogP contribution in [0.5, 0.6) is 0 Å². The molecule has 0 saturated carbocycles. The molecule has 0 radical (unpaired) electrons. The van der Waals surface area contributed by atoms with E-state index in [0.717, 1.165) is 13.1 Å². The molecule has 0 aliphatic rings. The third kappa shape index (κ3) is 5.02. The van der Waals surface area contributed by atoms with Crippen LogP contribution in [0.15, 0.2) is 12.2 Å². The molecule has 0 atom stereocenters. The molecule has 0 unspecified atom stereocenters. The van der Waals surface area contributed by atoms with E-state index in [2.05, 4.69) is 32.3 Å². The van der Waals surface area contributed by atoms with Gasteiger partial charge in [-0.15, -0.1) is 0 Å². The molecule has 0 aliphatic heterocycles. The number of rotatable bonds is 6. The summed E-state index contributed by atoms with van der Waals surface area (Å²) in [7, 11) is 0. The van der Waals surface area contributed by atoms with Gasteiger partial charge in [0.05, 0.1) is 0 Å². The minimum Gasteiger partial charge on any atom is -0.461 e. The van der Waals surface area contributed by atoms with Gasteiger partial charge >= 0.3 is 5.97 Å². The van der Waals surface area contributed by atoms with Crippen molar-refractivity contribution in [3.63, 3.8) is 0 Å². The average Bonchev–Trinajstić information content (AvgIpc) is 2.11. The molecule has 3 heteroatoms. The van der Waals surface area contributed by atoms with Crippen LogP contribution in [0, 0.1) is 0 Å². The Morgan fingerprint density at radius 3 is 2.43 bits per heavy atom. The van der Waals surface area contributed by atoms with Gasteiger partial charge in [-0.05, 0) is 27.3 Å². The van der Waals surface area contributed by atoms with E-state index in [1.807, 2.05) is 0 Å². The highest BCUT2D eigenvalue weighted by Gasteiger charge is 2.08. The Hall–Kier alpha value is -0.830. The lowest BCUT2D eigenvalue weighted by Gasteiger charge is -2.24. The highest BCUT2D eigenvalue weighted by molar-refractivity contribution is 5.86. The summed E-state index contributed by atoms with van der Waals surface area (Å²) in [4.78, 5) is 13.3. The van der Waals surface area contributed by atoms with Crippen molar-refractivity contribution in [3.8, 4) is 0 Å². The summed E-state index contributed by atoms with van der Waals surface area (Å²) in [5, 5.41) is 0. The van der Waals surface area contributed by atoms with E-state index in [-0.39, 0.29) is 5.97 Å². The molecular weight excluding hydrogens is 178 g/mol. The molecule has 0 aromatic heterocycles. The summed E-state index contributed by atoms with van der Waals surface area (Å²) >= 11 is 0. The van der Waals surface area contributed by atoms with Crippen LogP contribution >= 0.6 is 0 Å². The molecule has 0 aromatic carbocycles. The van der Waals surface area contributed by atoms with Gasteiger partial charge in [-0.25, -0.2) is 4.79 Å². The van der Waals surface area contributed by atoms with Crippen LogP contribution in [-0.4, -0.2) is 36.6 Å². The Bertz CT molecular complexity index is 199. The monoisotopic (exact) mass is 199 g/mol. The fraction of sp³-hybridized carbons (Fsp3) is 0.727. The number of ether oxygens (including phenoxy) is 1. The largest absolute Gasteiger partial charge is 0.461 e. The zero-order valence-electron chi connectivity index (χ0n) is 9.67. The van der Waals surface area contributed by atoms with Crippen molar-refractivity contribution in [2.45, 2.75) is 33.7 Å². The van der Waals surface area contributed by atoms with Crippen molar-refractivity contribution < 1.29 is 9.53 Å². The Balaban J connectivity index is 3.72. The quantitative estimate of drug-likeness (QED) is 0.483. The Morgan fingerprint density at radius 1 is 1.50 bits per heavy atom. The van der Waals surface area contributed by atoms with Crippen LogP contribution in [0.1, 0.15) is 27.7 Å². The molecule has 14 heavy (non-hydrogen) atoms. The van der Waals surface area contributed by atoms with E-state index < -0.39 is 0 Å². The molecule has 0 saturated heterocycles. The third-order valence-electron chi connectivity index (χ3n) is 2.10. The average molecular weight is 199 g/mol. The van der Waals surface area contributed by atoms with Crippen molar-refractivity contribution >= 4 is 5.97 Å². The summed E-state index contributed by atoms with van der Waals surface area (Å²) in [6, 6.07) is 0.489. The number of carbonyl (C=O) groups is 1. The lowest BCUT2D eigenvalue weighted by atomic mass is 10.3. The smallest absolute Gasteiger partial charge is 0.333 e. The minimum atomic E-state index is -0.301. The zero-order valence-corrected chi connectivity index (χ0v) is 9.67. The zero-order chi connectivity index (χ0) is 11.1. The first kappa shape index (κ1) is 13.2. The number of hydrogen-bond donors (Lipinski definition) is 0. The van der Waals surface area contributed by atoms with Gasteiger partial charge in [0, 0.05) is 18.2 Å². The first-order valence-electron chi connectivity index (χ1n) is 5.05. The highest BCUT2D eigenvalue weighted by atomic mass is 16.5. The van der Waals surface area contributed by atoms with E-state index >= 15 is 0 Å². The SMILES string of the molecule is C=C(C)C(=O)OCCN(CC)C(C)C. The predicted molar refractivity (Wildman–Crippen MR) is 58.2 cm³/mol. The molecule has 82 valence electrons. The summed E-state index contributed by atoms with van der Waals surface area (Å²) in [5.41, 5.74) is 0.456. The standard InChI is InChI=1S/C11H21NO2/c1-6-12(10(4)5)7-8-14-11(13)9(2)3/h10H,2,6-8H2,1,3-5H3. The maximum absolute atomic E-state index is 11.0. The maximum atomic E-state index is 11.0. The first-order valence-corrected chi connectivity index (χ1v) is 5.05. The summed E-state index contributed by atoms with van der Waals surface area (Å²) in [5.74, 6) is -0.301. The number of esters is 1. The van der Waals surface area contributed by atoms with Crippen molar-refractivity contribution in [2.24, 2.45) is 0 Å². The van der Waals surface area contributed by atoms with Gasteiger partial charge in [0.15, 0.2) is 0 Å². The van der Waals surface area contributed by atoms with Gasteiger partial charge in [-0.3, -0.25) is 4.90 Å². The second-order valence-electron chi connectivity index (χ2n) is 3.64. The molecule has 0 fully saturated rings. The summed E-state index contributed by atoms with van der Waals surface area (Å²) < 4.78 is 5.01. The lowest BCUT2D eigenvalue weighted by molar-refractivity contribution is -0.139. The summed E-state index contributed by atoms with van der Waals surface area (Å²) in [6.07, 6.45) is 0. The van der Waals surface area contributed by atoms with E-state index in [1.54, 1.807) is 6.92 Å². The molecular formula is C11H21NO2. The van der Waals surface area contributed by atoms with Gasteiger partial charge in [0.25, 0.3) is 0 Å². The Kier molecular flexibility index (Phi) is 6.21. The van der Waals surface area contributed by atoms with Crippen molar-refractivity contribution in [3.05, 3.63) is 12.2 Å². The number of carbonyl (C=O) groups excluding carboxylic acids is 1. The van der Waals surface area contributed by atoms with E-state index in [9.17, 15) is 4.79 Å². The molecule has 0 aromatic rings. The molecule has 0 amide bonds. The molecule has 3 nitrogen and oxygen atoms in total. The predicted octanol–water partition coefficient (Wildman–Crippen LogP) is 1.84. The van der Waals surface area contributed by atoms with Crippen molar-refractivity contribution in [2.75, 3.05) is 19.7 Å². The molecule has 0 N–H and O–H groups in total. The molecule has 0 spiro atoms. The molecule has 0 rings (SSSR count). The Morgan fingerprint density at radius 2 is 2.07 bits per heavy atom. The van der Waals surface area contributed by atoms with Crippen LogP contribution < -0.4 is 0 Å².